The highest BCUT2D eigenvalue weighted by Crippen LogP contribution is 2.25. The quantitative estimate of drug-likeness (QED) is 0.596. The second-order valence-electron chi connectivity index (χ2n) is 2.10. The number of hydrogen-bond donors (Lipinski definition) is 1. The third-order valence-corrected chi connectivity index (χ3v) is 1.26. The van der Waals surface area contributed by atoms with Crippen molar-refractivity contribution in [1.82, 2.24) is 0 Å². The van der Waals surface area contributed by atoms with Gasteiger partial charge in [-0.2, -0.15) is 0 Å². The fourth-order valence-electron chi connectivity index (χ4n) is 0.458. The molecule has 0 aromatic rings. The summed E-state index contributed by atoms with van der Waals surface area (Å²) in [6.45, 7) is -0.315. The van der Waals surface area contributed by atoms with Gasteiger partial charge in [0.2, 0.25) is 3.79 Å². The predicted molar refractivity (Wildman–Crippen MR) is 47.6 cm³/mol. The minimum absolute atomic E-state index is 0.0527. The van der Waals surface area contributed by atoms with Gasteiger partial charge in [0.15, 0.2) is 0 Å². The zero-order valence-corrected chi connectivity index (χ0v) is 8.49. The molecule has 6 heteroatoms. The van der Waals surface area contributed by atoms with Crippen LogP contribution in [0.3, 0.4) is 0 Å². The maximum Gasteiger partial charge on any atom is 0.306 e. The highest BCUT2D eigenvalue weighted by Gasteiger charge is 2.21. The van der Waals surface area contributed by atoms with Gasteiger partial charge in [0, 0.05) is 13.0 Å². The second-order valence-corrected chi connectivity index (χ2v) is 4.62. The summed E-state index contributed by atoms with van der Waals surface area (Å²) in [6.07, 6.45) is 0.496. The van der Waals surface area contributed by atoms with Crippen molar-refractivity contribution in [2.24, 2.45) is 0 Å². The van der Waals surface area contributed by atoms with Crippen LogP contribution in [0.5, 0.6) is 0 Å². The maximum atomic E-state index is 10.7. The topological polar surface area (TPSA) is 46.5 Å². The first-order valence-corrected chi connectivity index (χ1v) is 4.42. The van der Waals surface area contributed by atoms with E-state index in [0.29, 0.717) is 6.42 Å². The average Bonchev–Trinajstić information content (AvgIpc) is 1.95. The average molecular weight is 235 g/mol. The van der Waals surface area contributed by atoms with Crippen molar-refractivity contribution < 1.29 is 14.6 Å². The molecule has 1 N–H and O–H groups in total. The fraction of sp³-hybridized carbons (Fsp3) is 0.833. The molecule has 0 aliphatic heterocycles. The molecule has 0 aliphatic rings. The molecule has 0 unspecified atom stereocenters. The number of rotatable bonds is 4. The number of aliphatic hydroxyl groups is 1. The van der Waals surface area contributed by atoms with Gasteiger partial charge >= 0.3 is 5.97 Å². The lowest BCUT2D eigenvalue weighted by Gasteiger charge is -2.10. The Hall–Kier alpha value is 0.300. The molecule has 72 valence electrons. The Kier molecular flexibility index (Phi) is 6.01. The third kappa shape index (κ3) is 8.40. The molecule has 12 heavy (non-hydrogen) atoms. The molecule has 0 bridgehead atoms. The SMILES string of the molecule is O=C(CCCO)OCC(Cl)(Cl)Cl. The first-order chi connectivity index (χ1) is 5.45. The molecule has 0 saturated heterocycles. The van der Waals surface area contributed by atoms with Gasteiger partial charge in [-0.05, 0) is 6.42 Å². The van der Waals surface area contributed by atoms with Crippen molar-refractivity contribution in [1.29, 1.82) is 0 Å². The molecule has 0 saturated carbocycles. The van der Waals surface area contributed by atoms with Crippen molar-refractivity contribution >= 4 is 40.8 Å². The van der Waals surface area contributed by atoms with Gasteiger partial charge in [-0.15, -0.1) is 0 Å². The highest BCUT2D eigenvalue weighted by atomic mass is 35.6. The van der Waals surface area contributed by atoms with Gasteiger partial charge in [-0.25, -0.2) is 0 Å². The number of esters is 1. The molecule has 0 atom stereocenters. The number of halogens is 3. The Morgan fingerprint density at radius 1 is 1.42 bits per heavy atom. The van der Waals surface area contributed by atoms with E-state index in [1.54, 1.807) is 0 Å². The molecular formula is C6H9Cl3O3. The Morgan fingerprint density at radius 3 is 2.42 bits per heavy atom. The molecule has 0 spiro atoms. The lowest BCUT2D eigenvalue weighted by atomic mass is 10.3. The summed E-state index contributed by atoms with van der Waals surface area (Å²) in [5.41, 5.74) is 0. The number of aliphatic hydroxyl groups excluding tert-OH is 1. The number of alkyl halides is 3. The van der Waals surface area contributed by atoms with Gasteiger partial charge in [-0.1, -0.05) is 34.8 Å². The smallest absolute Gasteiger partial charge is 0.306 e. The Labute approximate surface area is 85.5 Å². The van der Waals surface area contributed by atoms with E-state index in [1.165, 1.54) is 0 Å². The van der Waals surface area contributed by atoms with E-state index in [1.807, 2.05) is 0 Å². The highest BCUT2D eigenvalue weighted by molar-refractivity contribution is 6.67. The van der Waals surface area contributed by atoms with Gasteiger partial charge in [-0.3, -0.25) is 4.79 Å². The van der Waals surface area contributed by atoms with Gasteiger partial charge in [0.25, 0.3) is 0 Å². The van der Waals surface area contributed by atoms with Crippen molar-refractivity contribution in [3.05, 3.63) is 0 Å². The molecule has 0 heterocycles. The van der Waals surface area contributed by atoms with E-state index in [4.69, 9.17) is 39.9 Å². The molecule has 0 amide bonds. The summed E-state index contributed by atoms with van der Waals surface area (Å²) < 4.78 is 3.00. The molecule has 0 radical (unpaired) electrons. The third-order valence-electron chi connectivity index (χ3n) is 0.936. The Bertz CT molecular complexity index is 143. The molecule has 0 aromatic carbocycles. The van der Waals surface area contributed by atoms with E-state index in [-0.39, 0.29) is 19.6 Å². The summed E-state index contributed by atoms with van der Waals surface area (Å²) in [4.78, 5) is 10.7. The van der Waals surface area contributed by atoms with Gasteiger partial charge in [0.1, 0.15) is 6.61 Å². The number of ether oxygens (including phenoxy) is 1. The zero-order chi connectivity index (χ0) is 9.61. The Balaban J connectivity index is 3.44. The fourth-order valence-corrected chi connectivity index (χ4v) is 0.622. The molecule has 3 nitrogen and oxygen atoms in total. The van der Waals surface area contributed by atoms with Crippen LogP contribution in [0.2, 0.25) is 0 Å². The number of hydrogen-bond acceptors (Lipinski definition) is 3. The largest absolute Gasteiger partial charge is 0.461 e. The second kappa shape index (κ2) is 5.86. The molecular weight excluding hydrogens is 226 g/mol. The number of carbonyl (C=O) groups is 1. The monoisotopic (exact) mass is 234 g/mol. The predicted octanol–water partition coefficient (Wildman–Crippen LogP) is 1.67. The van der Waals surface area contributed by atoms with Crippen LogP contribution in [0.1, 0.15) is 12.8 Å². The van der Waals surface area contributed by atoms with Crippen LogP contribution in [0.4, 0.5) is 0 Å². The van der Waals surface area contributed by atoms with E-state index in [0.717, 1.165) is 0 Å². The molecule has 0 aromatic heterocycles. The minimum atomic E-state index is -1.56. The van der Waals surface area contributed by atoms with Crippen LogP contribution in [0.15, 0.2) is 0 Å². The lowest BCUT2D eigenvalue weighted by molar-refractivity contribution is -0.143. The first kappa shape index (κ1) is 12.3. The van der Waals surface area contributed by atoms with E-state index < -0.39 is 9.76 Å². The van der Waals surface area contributed by atoms with Crippen molar-refractivity contribution in [2.75, 3.05) is 13.2 Å². The van der Waals surface area contributed by atoms with Crippen LogP contribution in [-0.2, 0) is 9.53 Å². The summed E-state index contributed by atoms with van der Waals surface area (Å²) in [5.74, 6) is -0.477. The number of carbonyl (C=O) groups excluding carboxylic acids is 1. The minimum Gasteiger partial charge on any atom is -0.461 e. The maximum absolute atomic E-state index is 10.7. The standard InChI is InChI=1S/C6H9Cl3O3/c7-6(8,9)4-12-5(11)2-1-3-10/h10H,1-4H2. The molecule has 0 aliphatic carbocycles. The van der Waals surface area contributed by atoms with Gasteiger partial charge < -0.3 is 9.84 Å². The van der Waals surface area contributed by atoms with E-state index >= 15 is 0 Å². The van der Waals surface area contributed by atoms with Crippen LogP contribution >= 0.6 is 34.8 Å². The van der Waals surface area contributed by atoms with Crippen LogP contribution in [0.25, 0.3) is 0 Å². The van der Waals surface area contributed by atoms with E-state index in [9.17, 15) is 4.79 Å². The first-order valence-electron chi connectivity index (χ1n) is 3.29. The lowest BCUT2D eigenvalue weighted by Crippen LogP contribution is -2.17. The summed E-state index contributed by atoms with van der Waals surface area (Å²) in [6, 6.07) is 0. The van der Waals surface area contributed by atoms with E-state index in [2.05, 4.69) is 4.74 Å². The van der Waals surface area contributed by atoms with Crippen LogP contribution in [0, 0.1) is 0 Å². The summed E-state index contributed by atoms with van der Waals surface area (Å²) in [5, 5.41) is 8.36. The van der Waals surface area contributed by atoms with Crippen molar-refractivity contribution in [2.45, 2.75) is 16.6 Å². The summed E-state index contributed by atoms with van der Waals surface area (Å²) in [7, 11) is 0. The van der Waals surface area contributed by atoms with Crippen molar-refractivity contribution in [3.63, 3.8) is 0 Å². The Morgan fingerprint density at radius 2 is 2.00 bits per heavy atom. The van der Waals surface area contributed by atoms with Crippen LogP contribution in [-0.4, -0.2) is 28.1 Å². The molecule has 0 rings (SSSR count). The normalized spacial score (nSPS) is 11.3. The zero-order valence-electron chi connectivity index (χ0n) is 6.23. The van der Waals surface area contributed by atoms with Crippen LogP contribution < -0.4 is 0 Å². The van der Waals surface area contributed by atoms with Crippen molar-refractivity contribution in [3.8, 4) is 0 Å². The molecule has 0 fully saturated rings. The van der Waals surface area contributed by atoms with Gasteiger partial charge in [0.05, 0.1) is 0 Å². The summed E-state index contributed by atoms with van der Waals surface area (Å²) >= 11 is 15.9.